The lowest BCUT2D eigenvalue weighted by Crippen LogP contribution is -1.89. The van der Waals surface area contributed by atoms with Gasteiger partial charge in [0.05, 0.1) is 0 Å². The Labute approximate surface area is 131 Å². The highest BCUT2D eigenvalue weighted by atomic mass is 16.3. The normalized spacial score (nSPS) is 13.6. The number of aromatic nitrogens is 1. The first-order valence-corrected chi connectivity index (χ1v) is 8.34. The zero-order valence-corrected chi connectivity index (χ0v) is 12.8. The third-order valence-corrected chi connectivity index (χ3v) is 4.62. The lowest BCUT2D eigenvalue weighted by molar-refractivity contribution is 0.512. The summed E-state index contributed by atoms with van der Waals surface area (Å²) in [5.41, 5.74) is 6.37. The Hall–Kier alpha value is -2.09. The molecule has 0 aliphatic heterocycles. The van der Waals surface area contributed by atoms with E-state index in [1.807, 2.05) is 0 Å². The Balaban J connectivity index is 1.40. The number of nitrogens with zero attached hydrogens (tertiary/aromatic N) is 1. The predicted octanol–water partition coefficient (Wildman–Crippen LogP) is 4.88. The number of hydrogen-bond donors (Lipinski definition) is 0. The first kappa shape index (κ1) is 13.6. The van der Waals surface area contributed by atoms with E-state index in [2.05, 4.69) is 47.4 Å². The molecule has 0 atom stereocenters. The molecular weight excluding hydrogens is 270 g/mol. The molecule has 0 N–H and O–H groups in total. The number of unbranched alkanes of at least 4 members (excludes halogenated alkanes) is 1. The van der Waals surface area contributed by atoms with Crippen molar-refractivity contribution >= 4 is 11.1 Å². The van der Waals surface area contributed by atoms with Gasteiger partial charge >= 0.3 is 0 Å². The van der Waals surface area contributed by atoms with Crippen LogP contribution in [0.1, 0.15) is 41.8 Å². The minimum atomic E-state index is 0.906. The maximum atomic E-state index is 6.05. The van der Waals surface area contributed by atoms with Crippen molar-refractivity contribution in [2.45, 2.75) is 44.9 Å². The van der Waals surface area contributed by atoms with E-state index in [0.717, 1.165) is 42.7 Å². The van der Waals surface area contributed by atoms with Crippen molar-refractivity contribution in [3.05, 3.63) is 65.0 Å². The predicted molar refractivity (Wildman–Crippen MR) is 89.1 cm³/mol. The van der Waals surface area contributed by atoms with Crippen molar-refractivity contribution in [2.24, 2.45) is 0 Å². The monoisotopic (exact) mass is 291 g/mol. The molecule has 1 heterocycles. The van der Waals surface area contributed by atoms with Crippen molar-refractivity contribution < 1.29 is 4.42 Å². The van der Waals surface area contributed by atoms with Crippen LogP contribution in [0.3, 0.4) is 0 Å². The van der Waals surface area contributed by atoms with E-state index in [9.17, 15) is 0 Å². The summed E-state index contributed by atoms with van der Waals surface area (Å²) in [6, 6.07) is 15.0. The molecule has 0 saturated carbocycles. The molecule has 22 heavy (non-hydrogen) atoms. The van der Waals surface area contributed by atoms with Crippen LogP contribution in [0.4, 0.5) is 0 Å². The Bertz CT molecular complexity index is 773. The van der Waals surface area contributed by atoms with E-state index in [-0.39, 0.29) is 0 Å². The molecule has 112 valence electrons. The first-order valence-electron chi connectivity index (χ1n) is 8.34. The zero-order valence-electron chi connectivity index (χ0n) is 12.8. The molecule has 2 aromatic carbocycles. The van der Waals surface area contributed by atoms with Crippen molar-refractivity contribution in [3.63, 3.8) is 0 Å². The van der Waals surface area contributed by atoms with E-state index in [0.29, 0.717) is 0 Å². The van der Waals surface area contributed by atoms with Gasteiger partial charge in [-0.15, -0.1) is 0 Å². The van der Waals surface area contributed by atoms with Gasteiger partial charge in [-0.2, -0.15) is 0 Å². The number of fused-ring (bicyclic) bond motifs is 3. The van der Waals surface area contributed by atoms with Crippen LogP contribution < -0.4 is 0 Å². The fraction of sp³-hybridized carbons (Fsp3) is 0.350. The fourth-order valence-corrected chi connectivity index (χ4v) is 3.45. The highest BCUT2D eigenvalue weighted by molar-refractivity contribution is 5.78. The Morgan fingerprint density at radius 1 is 0.909 bits per heavy atom. The van der Waals surface area contributed by atoms with Gasteiger partial charge in [-0.25, -0.2) is 4.98 Å². The van der Waals surface area contributed by atoms with Gasteiger partial charge in [-0.3, -0.25) is 0 Å². The lowest BCUT2D eigenvalue weighted by atomic mass is 10.1. The minimum Gasteiger partial charge on any atom is -0.440 e. The summed E-state index contributed by atoms with van der Waals surface area (Å²) < 4.78 is 6.05. The van der Waals surface area contributed by atoms with E-state index >= 15 is 0 Å². The molecule has 4 rings (SSSR count). The summed E-state index contributed by atoms with van der Waals surface area (Å²) in [4.78, 5) is 4.67. The molecule has 0 unspecified atom stereocenters. The van der Waals surface area contributed by atoms with Gasteiger partial charge in [0, 0.05) is 12.0 Å². The molecule has 1 aliphatic carbocycles. The van der Waals surface area contributed by atoms with Crippen molar-refractivity contribution in [1.82, 2.24) is 4.98 Å². The van der Waals surface area contributed by atoms with Gasteiger partial charge < -0.3 is 4.42 Å². The summed E-state index contributed by atoms with van der Waals surface area (Å²) in [5, 5.41) is 0. The highest BCUT2D eigenvalue weighted by Gasteiger charge is 2.17. The van der Waals surface area contributed by atoms with Crippen LogP contribution in [-0.2, 0) is 25.7 Å². The standard InChI is InChI=1S/C20H21NO/c1-2-7-15(8-3-1)9-4-5-12-19-21-18-14-13-16-10-6-11-17(16)20(18)22-19/h1-3,7-8,13-14H,4-6,9-12H2. The highest BCUT2D eigenvalue weighted by Crippen LogP contribution is 2.30. The number of rotatable bonds is 5. The summed E-state index contributed by atoms with van der Waals surface area (Å²) in [6.07, 6.45) is 7.98. The third kappa shape index (κ3) is 2.66. The number of oxazole rings is 1. The molecular formula is C20H21NO. The first-order chi connectivity index (χ1) is 10.9. The maximum absolute atomic E-state index is 6.05. The Kier molecular flexibility index (Phi) is 3.67. The molecule has 0 radical (unpaired) electrons. The van der Waals surface area contributed by atoms with E-state index < -0.39 is 0 Å². The molecule has 2 nitrogen and oxygen atoms in total. The topological polar surface area (TPSA) is 26.0 Å². The average molecular weight is 291 g/mol. The van der Waals surface area contributed by atoms with Crippen molar-refractivity contribution in [2.75, 3.05) is 0 Å². The van der Waals surface area contributed by atoms with E-state index in [1.165, 1.54) is 36.0 Å². The largest absolute Gasteiger partial charge is 0.440 e. The van der Waals surface area contributed by atoms with Gasteiger partial charge in [0.15, 0.2) is 11.5 Å². The molecule has 0 fully saturated rings. The quantitative estimate of drug-likeness (QED) is 0.626. The summed E-state index contributed by atoms with van der Waals surface area (Å²) in [7, 11) is 0. The molecule has 3 aromatic rings. The van der Waals surface area contributed by atoms with Crippen LogP contribution in [0, 0.1) is 0 Å². The zero-order chi connectivity index (χ0) is 14.8. The SMILES string of the molecule is c1ccc(CCCCc2nc3ccc4c(c3o2)CCC4)cc1. The minimum absolute atomic E-state index is 0.906. The summed E-state index contributed by atoms with van der Waals surface area (Å²) >= 11 is 0. The van der Waals surface area contributed by atoms with Crippen LogP contribution in [0.2, 0.25) is 0 Å². The van der Waals surface area contributed by atoms with E-state index in [1.54, 1.807) is 0 Å². The van der Waals surface area contributed by atoms with Gasteiger partial charge in [0.2, 0.25) is 0 Å². The summed E-state index contributed by atoms with van der Waals surface area (Å²) in [5.74, 6) is 0.906. The smallest absolute Gasteiger partial charge is 0.195 e. The number of aryl methyl sites for hydroxylation is 4. The molecule has 0 saturated heterocycles. The number of hydrogen-bond acceptors (Lipinski definition) is 2. The molecule has 1 aromatic heterocycles. The molecule has 0 amide bonds. The second kappa shape index (κ2) is 5.96. The van der Waals surface area contributed by atoms with Crippen molar-refractivity contribution in [1.29, 1.82) is 0 Å². The van der Waals surface area contributed by atoms with Crippen LogP contribution in [-0.4, -0.2) is 4.98 Å². The second-order valence-corrected chi connectivity index (χ2v) is 6.21. The van der Waals surface area contributed by atoms with Crippen LogP contribution in [0.25, 0.3) is 11.1 Å². The fourth-order valence-electron chi connectivity index (χ4n) is 3.45. The molecule has 2 heteroatoms. The van der Waals surface area contributed by atoms with Crippen LogP contribution in [0.15, 0.2) is 46.9 Å². The molecule has 0 spiro atoms. The Morgan fingerprint density at radius 2 is 1.77 bits per heavy atom. The van der Waals surface area contributed by atoms with E-state index in [4.69, 9.17) is 4.42 Å². The average Bonchev–Trinajstić information content (AvgIpc) is 3.18. The number of benzene rings is 2. The van der Waals surface area contributed by atoms with Gasteiger partial charge in [-0.1, -0.05) is 36.4 Å². The molecule has 0 bridgehead atoms. The lowest BCUT2D eigenvalue weighted by Gasteiger charge is -2.00. The van der Waals surface area contributed by atoms with Gasteiger partial charge in [0.1, 0.15) is 5.52 Å². The maximum Gasteiger partial charge on any atom is 0.195 e. The third-order valence-electron chi connectivity index (χ3n) is 4.62. The molecule has 1 aliphatic rings. The Morgan fingerprint density at radius 3 is 2.68 bits per heavy atom. The second-order valence-electron chi connectivity index (χ2n) is 6.21. The van der Waals surface area contributed by atoms with Crippen LogP contribution >= 0.6 is 0 Å². The van der Waals surface area contributed by atoms with Gasteiger partial charge in [-0.05, 0) is 55.7 Å². The van der Waals surface area contributed by atoms with Crippen LogP contribution in [0.5, 0.6) is 0 Å². The van der Waals surface area contributed by atoms with Crippen molar-refractivity contribution in [3.8, 4) is 0 Å². The summed E-state index contributed by atoms with van der Waals surface area (Å²) in [6.45, 7) is 0. The van der Waals surface area contributed by atoms with Gasteiger partial charge in [0.25, 0.3) is 0 Å².